The quantitative estimate of drug-likeness (QED) is 0.725. The number of nitrogens with two attached hydrogens (primary N) is 1. The van der Waals surface area contributed by atoms with Crippen molar-refractivity contribution < 1.29 is 9.53 Å². The molecule has 0 aliphatic heterocycles. The molecule has 1 aromatic carbocycles. The van der Waals surface area contributed by atoms with Crippen molar-refractivity contribution in [3.8, 4) is 11.1 Å². The number of fused-ring (bicyclic) bond motifs is 3. The van der Waals surface area contributed by atoms with Crippen molar-refractivity contribution >= 4 is 33.9 Å². The van der Waals surface area contributed by atoms with E-state index in [0.29, 0.717) is 15.6 Å². The van der Waals surface area contributed by atoms with Crippen molar-refractivity contribution in [2.24, 2.45) is 0 Å². The Balaban J connectivity index is 2.12. The second-order valence-electron chi connectivity index (χ2n) is 5.07. The van der Waals surface area contributed by atoms with Crippen LogP contribution in [0.3, 0.4) is 0 Å². The van der Waals surface area contributed by atoms with Crippen molar-refractivity contribution in [2.75, 3.05) is 5.73 Å². The van der Waals surface area contributed by atoms with E-state index in [9.17, 15) is 4.79 Å². The van der Waals surface area contributed by atoms with Gasteiger partial charge in [-0.3, -0.25) is 0 Å². The van der Waals surface area contributed by atoms with Crippen molar-refractivity contribution in [1.29, 1.82) is 0 Å². The average molecular weight is 308 g/mol. The van der Waals surface area contributed by atoms with Crippen LogP contribution in [0.15, 0.2) is 18.2 Å². The molecule has 0 radical (unpaired) electrons. The van der Waals surface area contributed by atoms with Crippen molar-refractivity contribution in [1.82, 2.24) is 0 Å². The standard InChI is InChI=1S/C15H14ClNO2S/c1-7(2)19-15(18)13-12-10-4-3-9(16)5-8(10)6-11(12)20-14(13)17/h3-5,7H,6,17H2,1-2H3. The molecule has 104 valence electrons. The molecule has 20 heavy (non-hydrogen) atoms. The number of thiophene rings is 1. The summed E-state index contributed by atoms with van der Waals surface area (Å²) in [5.74, 6) is -0.349. The molecule has 0 unspecified atom stereocenters. The highest BCUT2D eigenvalue weighted by molar-refractivity contribution is 7.17. The van der Waals surface area contributed by atoms with Crippen LogP contribution in [0.5, 0.6) is 0 Å². The minimum Gasteiger partial charge on any atom is -0.459 e. The number of nitrogen functional groups attached to an aromatic ring is 1. The molecule has 2 aromatic rings. The second-order valence-corrected chi connectivity index (χ2v) is 6.64. The molecule has 1 heterocycles. The van der Waals surface area contributed by atoms with Gasteiger partial charge >= 0.3 is 5.97 Å². The van der Waals surface area contributed by atoms with Gasteiger partial charge in [0, 0.05) is 21.9 Å². The molecule has 0 saturated heterocycles. The first-order valence-corrected chi connectivity index (χ1v) is 7.57. The van der Waals surface area contributed by atoms with Gasteiger partial charge in [-0.15, -0.1) is 11.3 Å². The molecule has 0 atom stereocenters. The molecule has 2 N–H and O–H groups in total. The fraction of sp³-hybridized carbons (Fsp3) is 0.267. The monoisotopic (exact) mass is 307 g/mol. The Kier molecular flexibility index (Phi) is 3.22. The first-order chi connectivity index (χ1) is 9.47. The normalized spacial score (nSPS) is 12.4. The molecular formula is C15H14ClNO2S. The second kappa shape index (κ2) is 4.79. The van der Waals surface area contributed by atoms with E-state index in [1.165, 1.54) is 11.3 Å². The summed E-state index contributed by atoms with van der Waals surface area (Å²) in [6.45, 7) is 3.66. The number of benzene rings is 1. The highest BCUT2D eigenvalue weighted by atomic mass is 35.5. The zero-order valence-electron chi connectivity index (χ0n) is 11.2. The van der Waals surface area contributed by atoms with E-state index in [1.807, 2.05) is 32.0 Å². The molecule has 0 saturated carbocycles. The maximum Gasteiger partial charge on any atom is 0.342 e. The smallest absolute Gasteiger partial charge is 0.342 e. The molecule has 1 aromatic heterocycles. The fourth-order valence-corrected chi connectivity index (χ4v) is 3.80. The number of hydrogen-bond acceptors (Lipinski definition) is 4. The van der Waals surface area contributed by atoms with Gasteiger partial charge in [0.2, 0.25) is 0 Å². The summed E-state index contributed by atoms with van der Waals surface area (Å²) in [6, 6.07) is 5.72. The van der Waals surface area contributed by atoms with Crippen LogP contribution in [0.25, 0.3) is 11.1 Å². The number of carbonyl (C=O) groups excluding carboxylic acids is 1. The lowest BCUT2D eigenvalue weighted by Gasteiger charge is -2.09. The van der Waals surface area contributed by atoms with Gasteiger partial charge < -0.3 is 10.5 Å². The third-order valence-corrected chi connectivity index (χ3v) is 4.50. The van der Waals surface area contributed by atoms with E-state index < -0.39 is 0 Å². The predicted octanol–water partition coefficient (Wildman–Crippen LogP) is 4.12. The zero-order chi connectivity index (χ0) is 14.4. The molecular weight excluding hydrogens is 294 g/mol. The van der Waals surface area contributed by atoms with Crippen LogP contribution in [0, 0.1) is 0 Å². The molecule has 3 nitrogen and oxygen atoms in total. The number of anilines is 1. The fourth-order valence-electron chi connectivity index (χ4n) is 2.51. The molecule has 1 aliphatic rings. The topological polar surface area (TPSA) is 52.3 Å². The van der Waals surface area contributed by atoms with Crippen LogP contribution in [0.2, 0.25) is 5.02 Å². The third kappa shape index (κ3) is 2.09. The first kappa shape index (κ1) is 13.5. The Morgan fingerprint density at radius 2 is 2.20 bits per heavy atom. The lowest BCUT2D eigenvalue weighted by molar-refractivity contribution is 0.0380. The van der Waals surface area contributed by atoms with Crippen LogP contribution in [0.4, 0.5) is 5.00 Å². The average Bonchev–Trinajstić information content (AvgIpc) is 2.81. The van der Waals surface area contributed by atoms with Crippen LogP contribution in [-0.2, 0) is 11.2 Å². The molecule has 0 bridgehead atoms. The highest BCUT2D eigenvalue weighted by Gasteiger charge is 2.30. The predicted molar refractivity (Wildman–Crippen MR) is 82.5 cm³/mol. The van der Waals surface area contributed by atoms with Gasteiger partial charge in [0.25, 0.3) is 0 Å². The summed E-state index contributed by atoms with van der Waals surface area (Å²) in [4.78, 5) is 13.4. The first-order valence-electron chi connectivity index (χ1n) is 6.38. The van der Waals surface area contributed by atoms with E-state index in [-0.39, 0.29) is 12.1 Å². The van der Waals surface area contributed by atoms with E-state index >= 15 is 0 Å². The Labute approximate surface area is 126 Å². The Morgan fingerprint density at radius 1 is 1.45 bits per heavy atom. The van der Waals surface area contributed by atoms with Crippen LogP contribution >= 0.6 is 22.9 Å². The summed E-state index contributed by atoms with van der Waals surface area (Å²) in [5, 5.41) is 1.24. The SMILES string of the molecule is CC(C)OC(=O)c1c(N)sc2c1-c1ccc(Cl)cc1C2. The van der Waals surface area contributed by atoms with E-state index in [4.69, 9.17) is 22.1 Å². The van der Waals surface area contributed by atoms with Gasteiger partial charge in [-0.1, -0.05) is 17.7 Å². The van der Waals surface area contributed by atoms with Crippen molar-refractivity contribution in [3.63, 3.8) is 0 Å². The third-order valence-electron chi connectivity index (χ3n) is 3.24. The van der Waals surface area contributed by atoms with E-state index in [1.54, 1.807) is 0 Å². The van der Waals surface area contributed by atoms with Crippen molar-refractivity contribution in [2.45, 2.75) is 26.4 Å². The Morgan fingerprint density at radius 3 is 2.90 bits per heavy atom. The zero-order valence-corrected chi connectivity index (χ0v) is 12.8. The molecule has 1 aliphatic carbocycles. The van der Waals surface area contributed by atoms with Crippen LogP contribution in [0.1, 0.15) is 34.6 Å². The number of rotatable bonds is 2. The summed E-state index contributed by atoms with van der Waals surface area (Å²) in [6.07, 6.45) is 0.609. The van der Waals surface area contributed by atoms with Gasteiger partial charge in [0.05, 0.1) is 6.10 Å². The maximum absolute atomic E-state index is 12.3. The Hall–Kier alpha value is -1.52. The van der Waals surface area contributed by atoms with Gasteiger partial charge in [-0.2, -0.15) is 0 Å². The summed E-state index contributed by atoms with van der Waals surface area (Å²) in [7, 11) is 0. The number of esters is 1. The van der Waals surface area contributed by atoms with Crippen LogP contribution in [-0.4, -0.2) is 12.1 Å². The van der Waals surface area contributed by atoms with Crippen molar-refractivity contribution in [3.05, 3.63) is 39.2 Å². The van der Waals surface area contributed by atoms with Gasteiger partial charge in [0.15, 0.2) is 0 Å². The number of ether oxygens (including phenoxy) is 1. The van der Waals surface area contributed by atoms with Gasteiger partial charge in [0.1, 0.15) is 10.6 Å². The van der Waals surface area contributed by atoms with Crippen LogP contribution < -0.4 is 5.73 Å². The maximum atomic E-state index is 12.3. The largest absolute Gasteiger partial charge is 0.459 e. The number of carbonyl (C=O) groups is 1. The van der Waals surface area contributed by atoms with E-state index in [2.05, 4.69) is 0 Å². The number of halogens is 1. The lowest BCUT2D eigenvalue weighted by Crippen LogP contribution is -2.13. The molecule has 0 amide bonds. The highest BCUT2D eigenvalue weighted by Crippen LogP contribution is 2.47. The molecule has 3 rings (SSSR count). The summed E-state index contributed by atoms with van der Waals surface area (Å²) >= 11 is 7.48. The minimum absolute atomic E-state index is 0.163. The number of hydrogen-bond donors (Lipinski definition) is 1. The molecule has 5 heteroatoms. The minimum atomic E-state index is -0.349. The van der Waals surface area contributed by atoms with Gasteiger partial charge in [-0.25, -0.2) is 4.79 Å². The summed E-state index contributed by atoms with van der Waals surface area (Å²) < 4.78 is 5.30. The molecule has 0 fully saturated rings. The van der Waals surface area contributed by atoms with Gasteiger partial charge in [-0.05, 0) is 37.1 Å². The molecule has 0 spiro atoms. The summed E-state index contributed by atoms with van der Waals surface area (Å²) in [5.41, 5.74) is 9.60. The Bertz CT molecular complexity index is 706. The lowest BCUT2D eigenvalue weighted by atomic mass is 10.0. The van der Waals surface area contributed by atoms with E-state index in [0.717, 1.165) is 28.0 Å².